The van der Waals surface area contributed by atoms with Crippen molar-refractivity contribution in [3.63, 3.8) is 0 Å². The fourth-order valence-corrected chi connectivity index (χ4v) is 2.15. The van der Waals surface area contributed by atoms with Crippen LogP contribution >= 0.6 is 38.9 Å². The average Bonchev–Trinajstić information content (AvgIpc) is 2.76. The summed E-state index contributed by atoms with van der Waals surface area (Å²) in [6.45, 7) is 0. The van der Waals surface area contributed by atoms with E-state index in [1.54, 1.807) is 29.1 Å². The van der Waals surface area contributed by atoms with Crippen molar-refractivity contribution < 1.29 is 4.79 Å². The first-order valence-electron chi connectivity index (χ1n) is 4.31. The highest BCUT2D eigenvalue weighted by Gasteiger charge is 2.10. The monoisotopic (exact) mass is 316 g/mol. The Balaban J connectivity index is 2.21. The van der Waals surface area contributed by atoms with E-state index < -0.39 is 0 Å². The minimum Gasteiger partial charge on any atom is -0.320 e. The van der Waals surface area contributed by atoms with Crippen LogP contribution in [0.3, 0.4) is 0 Å². The van der Waals surface area contributed by atoms with Crippen molar-refractivity contribution in [2.75, 3.05) is 5.32 Å². The maximum atomic E-state index is 11.7. The number of nitrogens with zero attached hydrogens (tertiary/aromatic N) is 1. The van der Waals surface area contributed by atoms with E-state index in [1.807, 2.05) is 0 Å². The van der Waals surface area contributed by atoms with Crippen LogP contribution in [-0.4, -0.2) is 10.9 Å². The van der Waals surface area contributed by atoms with Gasteiger partial charge in [0.15, 0.2) is 0 Å². The fourth-order valence-electron chi connectivity index (χ4n) is 1.10. The molecule has 6 heteroatoms. The lowest BCUT2D eigenvalue weighted by Crippen LogP contribution is -2.12. The van der Waals surface area contributed by atoms with E-state index in [1.165, 1.54) is 11.3 Å². The van der Waals surface area contributed by atoms with Crippen molar-refractivity contribution in [1.82, 2.24) is 4.98 Å². The van der Waals surface area contributed by atoms with Crippen LogP contribution in [0.1, 0.15) is 10.5 Å². The SMILES string of the molecule is O=C(Nc1cc(Cl)ccc1Br)c1cscn1. The van der Waals surface area contributed by atoms with Crippen LogP contribution in [0.25, 0.3) is 0 Å². The van der Waals surface area contributed by atoms with Gasteiger partial charge in [-0.3, -0.25) is 4.79 Å². The number of thiazole rings is 1. The highest BCUT2D eigenvalue weighted by Crippen LogP contribution is 2.26. The molecule has 1 amide bonds. The number of hydrogen-bond acceptors (Lipinski definition) is 3. The summed E-state index contributed by atoms with van der Waals surface area (Å²) in [5.41, 5.74) is 2.64. The molecule has 0 aliphatic heterocycles. The molecule has 0 bridgehead atoms. The number of halogens is 2. The smallest absolute Gasteiger partial charge is 0.275 e. The van der Waals surface area contributed by atoms with Gasteiger partial charge in [-0.05, 0) is 34.1 Å². The minimum atomic E-state index is -0.246. The zero-order valence-corrected chi connectivity index (χ0v) is 11.1. The lowest BCUT2D eigenvalue weighted by molar-refractivity contribution is 0.102. The lowest BCUT2D eigenvalue weighted by Gasteiger charge is -2.06. The maximum absolute atomic E-state index is 11.7. The standard InChI is InChI=1S/C10H6BrClN2OS/c11-7-2-1-6(12)3-8(7)14-10(15)9-4-16-5-13-9/h1-5H,(H,14,15). The molecule has 16 heavy (non-hydrogen) atoms. The molecule has 0 spiro atoms. The molecule has 0 atom stereocenters. The second-order valence-corrected chi connectivity index (χ2v) is 4.96. The van der Waals surface area contributed by atoms with Crippen LogP contribution in [0.4, 0.5) is 5.69 Å². The molecule has 82 valence electrons. The van der Waals surface area contributed by atoms with Crippen LogP contribution in [0.5, 0.6) is 0 Å². The first kappa shape index (κ1) is 11.6. The highest BCUT2D eigenvalue weighted by molar-refractivity contribution is 9.10. The Labute approximate surface area is 110 Å². The van der Waals surface area contributed by atoms with Gasteiger partial charge in [-0.2, -0.15) is 0 Å². The molecule has 0 saturated carbocycles. The van der Waals surface area contributed by atoms with Crippen LogP contribution in [0, 0.1) is 0 Å². The van der Waals surface area contributed by atoms with Crippen LogP contribution in [-0.2, 0) is 0 Å². The Morgan fingerprint density at radius 3 is 3.00 bits per heavy atom. The number of anilines is 1. The summed E-state index contributed by atoms with van der Waals surface area (Å²) < 4.78 is 0.778. The summed E-state index contributed by atoms with van der Waals surface area (Å²) in [7, 11) is 0. The second-order valence-electron chi connectivity index (χ2n) is 2.95. The predicted molar refractivity (Wildman–Crippen MR) is 69.2 cm³/mol. The van der Waals surface area contributed by atoms with E-state index in [0.717, 1.165) is 4.47 Å². The van der Waals surface area contributed by atoms with E-state index in [-0.39, 0.29) is 5.91 Å². The van der Waals surface area contributed by atoms with Gasteiger partial charge in [0.2, 0.25) is 0 Å². The fraction of sp³-hybridized carbons (Fsp3) is 0. The van der Waals surface area contributed by atoms with E-state index in [9.17, 15) is 4.79 Å². The topological polar surface area (TPSA) is 42.0 Å². The number of nitrogens with one attached hydrogen (secondary N) is 1. The molecule has 0 unspecified atom stereocenters. The van der Waals surface area contributed by atoms with Crippen molar-refractivity contribution in [1.29, 1.82) is 0 Å². The van der Waals surface area contributed by atoms with Gasteiger partial charge >= 0.3 is 0 Å². The molecular weight excluding hydrogens is 312 g/mol. The summed E-state index contributed by atoms with van der Waals surface area (Å²) in [6.07, 6.45) is 0. The van der Waals surface area contributed by atoms with Gasteiger partial charge in [0, 0.05) is 14.9 Å². The number of aromatic nitrogens is 1. The number of benzene rings is 1. The number of carbonyl (C=O) groups is 1. The molecule has 0 fully saturated rings. The summed E-state index contributed by atoms with van der Waals surface area (Å²) in [4.78, 5) is 15.6. The Hall–Kier alpha value is -0.910. The summed E-state index contributed by atoms with van der Waals surface area (Å²) in [6, 6.07) is 5.19. The number of rotatable bonds is 2. The van der Waals surface area contributed by atoms with Gasteiger partial charge in [-0.25, -0.2) is 4.98 Å². The van der Waals surface area contributed by atoms with Crippen molar-refractivity contribution in [3.8, 4) is 0 Å². The van der Waals surface area contributed by atoms with Gasteiger partial charge in [0.05, 0.1) is 11.2 Å². The average molecular weight is 318 g/mol. The first-order valence-corrected chi connectivity index (χ1v) is 6.43. The molecule has 0 aliphatic carbocycles. The van der Waals surface area contributed by atoms with Gasteiger partial charge in [-0.1, -0.05) is 11.6 Å². The van der Waals surface area contributed by atoms with Crippen LogP contribution < -0.4 is 5.32 Å². The van der Waals surface area contributed by atoms with E-state index in [4.69, 9.17) is 11.6 Å². The Morgan fingerprint density at radius 1 is 1.50 bits per heavy atom. The predicted octanol–water partition coefficient (Wildman–Crippen LogP) is 3.81. The molecule has 1 N–H and O–H groups in total. The van der Waals surface area contributed by atoms with Crippen molar-refractivity contribution in [2.45, 2.75) is 0 Å². The lowest BCUT2D eigenvalue weighted by atomic mass is 10.3. The maximum Gasteiger partial charge on any atom is 0.275 e. The second kappa shape index (κ2) is 4.95. The molecule has 2 rings (SSSR count). The highest BCUT2D eigenvalue weighted by atomic mass is 79.9. The van der Waals surface area contributed by atoms with Crippen molar-refractivity contribution in [2.24, 2.45) is 0 Å². The molecule has 0 aliphatic rings. The van der Waals surface area contributed by atoms with E-state index >= 15 is 0 Å². The molecular formula is C10H6BrClN2OS. The molecule has 1 heterocycles. The quantitative estimate of drug-likeness (QED) is 0.915. The van der Waals surface area contributed by atoms with Crippen LogP contribution in [0.2, 0.25) is 5.02 Å². The van der Waals surface area contributed by atoms with E-state index in [2.05, 4.69) is 26.2 Å². The van der Waals surface area contributed by atoms with Gasteiger partial charge < -0.3 is 5.32 Å². The van der Waals surface area contributed by atoms with Gasteiger partial charge in [0.1, 0.15) is 5.69 Å². The molecule has 0 radical (unpaired) electrons. The normalized spacial score (nSPS) is 10.1. The Bertz CT molecular complexity index is 516. The number of carbonyl (C=O) groups excluding carboxylic acids is 1. The zero-order chi connectivity index (χ0) is 11.5. The van der Waals surface area contributed by atoms with Crippen molar-refractivity contribution >= 4 is 50.5 Å². The van der Waals surface area contributed by atoms with Gasteiger partial charge in [0.25, 0.3) is 5.91 Å². The van der Waals surface area contributed by atoms with Crippen molar-refractivity contribution in [3.05, 3.63) is 44.3 Å². The molecule has 3 nitrogen and oxygen atoms in total. The Morgan fingerprint density at radius 2 is 2.31 bits per heavy atom. The van der Waals surface area contributed by atoms with E-state index in [0.29, 0.717) is 16.4 Å². The third-order valence-corrected chi connectivity index (χ3v) is 3.35. The number of hydrogen-bond donors (Lipinski definition) is 1. The molecule has 2 aromatic rings. The third-order valence-electron chi connectivity index (χ3n) is 1.84. The zero-order valence-electron chi connectivity index (χ0n) is 7.91. The molecule has 0 saturated heterocycles. The Kier molecular flexibility index (Phi) is 3.58. The summed E-state index contributed by atoms with van der Waals surface area (Å²) >= 11 is 10.5. The molecule has 1 aromatic heterocycles. The first-order chi connectivity index (χ1) is 7.66. The summed E-state index contributed by atoms with van der Waals surface area (Å²) in [5.74, 6) is -0.246. The van der Waals surface area contributed by atoms with Crippen LogP contribution in [0.15, 0.2) is 33.6 Å². The number of amides is 1. The largest absolute Gasteiger partial charge is 0.320 e. The molecule has 1 aromatic carbocycles. The third kappa shape index (κ3) is 2.61. The van der Waals surface area contributed by atoms with Gasteiger partial charge in [-0.15, -0.1) is 11.3 Å². The minimum absolute atomic E-state index is 0.246. The summed E-state index contributed by atoms with van der Waals surface area (Å²) in [5, 5.41) is 4.98.